The second-order valence-corrected chi connectivity index (χ2v) is 7.41. The quantitative estimate of drug-likeness (QED) is 0.412. The van der Waals surface area contributed by atoms with Crippen LogP contribution in [0.4, 0.5) is 0 Å². The Morgan fingerprint density at radius 1 is 1.20 bits per heavy atom. The first-order valence-electron chi connectivity index (χ1n) is 8.88. The number of rotatable bonds is 9. The molecule has 25 heavy (non-hydrogen) atoms. The number of carboxylic acid groups (broad SMARTS) is 1. The normalized spacial score (nSPS) is 20.3. The summed E-state index contributed by atoms with van der Waals surface area (Å²) >= 11 is 4.26. The van der Waals surface area contributed by atoms with Crippen molar-refractivity contribution < 1.29 is 24.2 Å². The first-order valence-corrected chi connectivity index (χ1v) is 9.52. The minimum absolute atomic E-state index is 0.0916. The number of carbonyl (C=O) groups is 3. The molecular formula is C17H28N2O5S. The van der Waals surface area contributed by atoms with Crippen LogP contribution in [0.25, 0.3) is 0 Å². The van der Waals surface area contributed by atoms with Gasteiger partial charge in [0.25, 0.3) is 0 Å². The number of amides is 1. The average molecular weight is 372 g/mol. The molecule has 0 unspecified atom stereocenters. The van der Waals surface area contributed by atoms with Crippen LogP contribution in [0, 0.1) is 11.8 Å². The fourth-order valence-corrected chi connectivity index (χ4v) is 4.11. The molecule has 142 valence electrons. The zero-order chi connectivity index (χ0) is 18.6. The molecule has 0 aromatic carbocycles. The lowest BCUT2D eigenvalue weighted by molar-refractivity contribution is -0.159. The summed E-state index contributed by atoms with van der Waals surface area (Å²) in [6.45, 7) is 0. The van der Waals surface area contributed by atoms with E-state index in [0.717, 1.165) is 38.5 Å². The third-order valence-electron chi connectivity index (χ3n) is 5.54. The smallest absolute Gasteiger partial charge is 0.329 e. The summed E-state index contributed by atoms with van der Waals surface area (Å²) in [5.41, 5.74) is 5.86. The van der Waals surface area contributed by atoms with Crippen LogP contribution in [0.1, 0.15) is 44.9 Å². The van der Waals surface area contributed by atoms with Gasteiger partial charge in [-0.05, 0) is 37.5 Å². The van der Waals surface area contributed by atoms with Crippen molar-refractivity contribution in [3.05, 3.63) is 0 Å². The van der Waals surface area contributed by atoms with Crippen molar-refractivity contribution in [2.75, 3.05) is 12.9 Å². The number of nitrogens with two attached hydrogens (primary N) is 1. The van der Waals surface area contributed by atoms with Gasteiger partial charge in [0.1, 0.15) is 6.04 Å². The van der Waals surface area contributed by atoms with Crippen molar-refractivity contribution in [1.29, 1.82) is 0 Å². The Bertz CT molecular complexity index is 493. The highest BCUT2D eigenvalue weighted by Crippen LogP contribution is 2.43. The molecule has 2 atom stereocenters. The predicted octanol–water partition coefficient (Wildman–Crippen LogP) is 1.06. The Morgan fingerprint density at radius 3 is 2.04 bits per heavy atom. The fourth-order valence-electron chi connectivity index (χ4n) is 3.79. The van der Waals surface area contributed by atoms with Gasteiger partial charge in [0.2, 0.25) is 5.91 Å². The van der Waals surface area contributed by atoms with Crippen molar-refractivity contribution in [3.8, 4) is 0 Å². The fraction of sp³-hybridized carbons (Fsp3) is 0.824. The summed E-state index contributed by atoms with van der Waals surface area (Å²) in [4.78, 5) is 37.8. The molecule has 1 amide bonds. The highest BCUT2D eigenvalue weighted by molar-refractivity contribution is 7.80. The van der Waals surface area contributed by atoms with Crippen LogP contribution in [0.5, 0.6) is 0 Å². The lowest BCUT2D eigenvalue weighted by atomic mass is 9.67. The molecule has 0 aliphatic heterocycles. The van der Waals surface area contributed by atoms with Gasteiger partial charge in [0.05, 0.1) is 19.6 Å². The number of methoxy groups -OCH3 is 1. The van der Waals surface area contributed by atoms with Gasteiger partial charge in [-0.3, -0.25) is 9.59 Å². The molecule has 8 heteroatoms. The van der Waals surface area contributed by atoms with Crippen molar-refractivity contribution in [2.24, 2.45) is 17.6 Å². The first kappa shape index (κ1) is 20.0. The van der Waals surface area contributed by atoms with E-state index in [0.29, 0.717) is 11.8 Å². The van der Waals surface area contributed by atoms with Crippen molar-refractivity contribution in [3.63, 3.8) is 0 Å². The number of aliphatic carboxylic acids is 1. The monoisotopic (exact) mass is 372 g/mol. The maximum absolute atomic E-state index is 13.0. The number of nitrogens with zero attached hydrogens (tertiary/aromatic N) is 1. The van der Waals surface area contributed by atoms with Gasteiger partial charge in [-0.15, -0.1) is 0 Å². The summed E-state index contributed by atoms with van der Waals surface area (Å²) in [7, 11) is 1.28. The molecule has 2 aliphatic rings. The van der Waals surface area contributed by atoms with Crippen molar-refractivity contribution in [1.82, 2.24) is 4.90 Å². The van der Waals surface area contributed by atoms with E-state index < -0.39 is 36.4 Å². The maximum atomic E-state index is 13.0. The van der Waals surface area contributed by atoms with E-state index in [1.165, 1.54) is 12.0 Å². The maximum Gasteiger partial charge on any atom is 0.329 e. The van der Waals surface area contributed by atoms with E-state index in [1.54, 1.807) is 0 Å². The van der Waals surface area contributed by atoms with Crippen LogP contribution >= 0.6 is 12.6 Å². The number of carboxylic acids is 1. The Kier molecular flexibility index (Phi) is 7.13. The van der Waals surface area contributed by atoms with Crippen LogP contribution in [0.3, 0.4) is 0 Å². The van der Waals surface area contributed by atoms with Gasteiger partial charge in [0, 0.05) is 11.8 Å². The standard InChI is InChI=1S/C17H28N2O5S/c1-24-17(23)13(9-25)19(16(22)12(18)8-14(20)21)15(10-4-2-5-10)11-6-3-7-11/h10-13,15,25H,2-9,18H2,1H3,(H,20,21)/t12-,13+/m0/s1. The van der Waals surface area contributed by atoms with Gasteiger partial charge in [-0.1, -0.05) is 12.8 Å². The van der Waals surface area contributed by atoms with E-state index in [1.807, 2.05) is 0 Å². The number of esters is 1. The topological polar surface area (TPSA) is 110 Å². The molecule has 0 aromatic heterocycles. The Labute approximate surface area is 153 Å². The van der Waals surface area contributed by atoms with Gasteiger partial charge in [-0.2, -0.15) is 12.6 Å². The van der Waals surface area contributed by atoms with Crippen LogP contribution < -0.4 is 5.73 Å². The molecular weight excluding hydrogens is 344 g/mol. The molecule has 0 spiro atoms. The summed E-state index contributed by atoms with van der Waals surface area (Å²) in [5.74, 6) is -1.37. The van der Waals surface area contributed by atoms with Crippen LogP contribution in [-0.2, 0) is 19.1 Å². The molecule has 0 aromatic rings. The zero-order valence-corrected chi connectivity index (χ0v) is 15.5. The second-order valence-electron chi connectivity index (χ2n) is 7.04. The first-order chi connectivity index (χ1) is 11.9. The minimum Gasteiger partial charge on any atom is -0.481 e. The van der Waals surface area contributed by atoms with E-state index in [4.69, 9.17) is 15.6 Å². The number of thiol groups is 1. The van der Waals surface area contributed by atoms with Crippen LogP contribution in [0.2, 0.25) is 0 Å². The zero-order valence-electron chi connectivity index (χ0n) is 14.6. The second kappa shape index (κ2) is 8.89. The number of hydrogen-bond acceptors (Lipinski definition) is 6. The SMILES string of the molecule is COC(=O)[C@@H](CS)N(C(=O)[C@@H](N)CC(=O)O)C(C1CCC1)C1CCC1. The number of hydrogen-bond donors (Lipinski definition) is 3. The lowest BCUT2D eigenvalue weighted by Gasteiger charge is -2.50. The van der Waals surface area contributed by atoms with Gasteiger partial charge in [0.15, 0.2) is 0 Å². The van der Waals surface area contributed by atoms with Crippen molar-refractivity contribution >= 4 is 30.5 Å². The minimum atomic E-state index is -1.17. The molecule has 0 radical (unpaired) electrons. The van der Waals surface area contributed by atoms with Crippen LogP contribution in [0.15, 0.2) is 0 Å². The Hall–Kier alpha value is -1.28. The highest BCUT2D eigenvalue weighted by atomic mass is 32.1. The lowest BCUT2D eigenvalue weighted by Crippen LogP contribution is -2.62. The summed E-state index contributed by atoms with van der Waals surface area (Å²) < 4.78 is 4.87. The molecule has 0 bridgehead atoms. The van der Waals surface area contributed by atoms with E-state index in [-0.39, 0.29) is 11.8 Å². The van der Waals surface area contributed by atoms with E-state index in [9.17, 15) is 14.4 Å². The molecule has 2 aliphatic carbocycles. The summed E-state index contributed by atoms with van der Waals surface area (Å²) in [5, 5.41) is 8.98. The summed E-state index contributed by atoms with van der Waals surface area (Å²) in [6.07, 6.45) is 5.82. The van der Waals surface area contributed by atoms with Gasteiger partial charge >= 0.3 is 11.9 Å². The Balaban J connectivity index is 2.32. The van der Waals surface area contributed by atoms with Gasteiger partial charge in [-0.25, -0.2) is 4.79 Å². The predicted molar refractivity (Wildman–Crippen MR) is 95.2 cm³/mol. The summed E-state index contributed by atoms with van der Waals surface area (Å²) in [6, 6.07) is -2.11. The number of carbonyl (C=O) groups excluding carboxylic acids is 2. The molecule has 2 fully saturated rings. The third kappa shape index (κ3) is 4.47. The van der Waals surface area contributed by atoms with E-state index >= 15 is 0 Å². The average Bonchev–Trinajstić information content (AvgIpc) is 2.46. The molecule has 0 heterocycles. The van der Waals surface area contributed by atoms with E-state index in [2.05, 4.69) is 12.6 Å². The highest BCUT2D eigenvalue weighted by Gasteiger charge is 2.46. The third-order valence-corrected chi connectivity index (χ3v) is 5.88. The molecule has 7 nitrogen and oxygen atoms in total. The van der Waals surface area contributed by atoms with Crippen molar-refractivity contribution in [2.45, 2.75) is 63.1 Å². The molecule has 2 rings (SSSR count). The van der Waals surface area contributed by atoms with Gasteiger partial charge < -0.3 is 20.5 Å². The molecule has 2 saturated carbocycles. The largest absolute Gasteiger partial charge is 0.481 e. The van der Waals surface area contributed by atoms with Crippen LogP contribution in [-0.4, -0.2) is 58.8 Å². The Morgan fingerprint density at radius 2 is 1.72 bits per heavy atom. The molecule has 0 saturated heterocycles. The molecule has 3 N–H and O–H groups in total. The number of ether oxygens (including phenoxy) is 1.